The summed E-state index contributed by atoms with van der Waals surface area (Å²) in [5.41, 5.74) is 1.58. The predicted octanol–water partition coefficient (Wildman–Crippen LogP) is 1.45. The van der Waals surface area contributed by atoms with Gasteiger partial charge in [0.25, 0.3) is 11.8 Å². The summed E-state index contributed by atoms with van der Waals surface area (Å²) in [7, 11) is 0. The van der Waals surface area contributed by atoms with Crippen molar-refractivity contribution in [2.75, 3.05) is 32.8 Å². The topological polar surface area (TPSA) is 114 Å². The van der Waals surface area contributed by atoms with Gasteiger partial charge in [0.1, 0.15) is 18.1 Å². The monoisotopic (exact) mass is 414 g/mol. The Morgan fingerprint density at radius 1 is 1.13 bits per heavy atom. The van der Waals surface area contributed by atoms with Gasteiger partial charge in [-0.1, -0.05) is 11.6 Å². The van der Waals surface area contributed by atoms with Gasteiger partial charge >= 0.3 is 0 Å². The van der Waals surface area contributed by atoms with Gasteiger partial charge in [0, 0.05) is 26.1 Å². The van der Waals surface area contributed by atoms with Crippen molar-refractivity contribution < 1.29 is 23.5 Å². The normalized spacial score (nSPS) is 16.4. The van der Waals surface area contributed by atoms with Crippen LogP contribution in [0.25, 0.3) is 0 Å². The molecule has 2 heterocycles. The highest BCUT2D eigenvalue weighted by Gasteiger charge is 2.22. The van der Waals surface area contributed by atoms with Gasteiger partial charge in [-0.05, 0) is 32.4 Å². The summed E-state index contributed by atoms with van der Waals surface area (Å²) in [6.07, 6.45) is 2.00. The van der Waals surface area contributed by atoms with Crippen molar-refractivity contribution in [1.82, 2.24) is 20.5 Å². The number of oxazole rings is 1. The lowest BCUT2D eigenvalue weighted by atomic mass is 10.1. The molecule has 0 atom stereocenters. The quantitative estimate of drug-likeness (QED) is 0.730. The van der Waals surface area contributed by atoms with E-state index in [0.29, 0.717) is 36.6 Å². The molecule has 1 aliphatic rings. The second-order valence-electron chi connectivity index (χ2n) is 7.11. The number of fused-ring (bicyclic) bond motifs is 1. The van der Waals surface area contributed by atoms with E-state index in [-0.39, 0.29) is 49.5 Å². The molecule has 2 aromatic rings. The number of amides is 3. The van der Waals surface area contributed by atoms with Crippen molar-refractivity contribution in [2.45, 2.75) is 26.7 Å². The molecule has 0 saturated heterocycles. The van der Waals surface area contributed by atoms with Crippen LogP contribution in [0, 0.1) is 13.8 Å². The summed E-state index contributed by atoms with van der Waals surface area (Å²) < 4.78 is 10.8. The van der Waals surface area contributed by atoms with Crippen molar-refractivity contribution >= 4 is 17.7 Å². The fraction of sp³-hybridized carbons (Fsp3) is 0.429. The van der Waals surface area contributed by atoms with Gasteiger partial charge in [-0.2, -0.15) is 0 Å². The maximum absolute atomic E-state index is 12.9. The second kappa shape index (κ2) is 9.91. The van der Waals surface area contributed by atoms with Crippen molar-refractivity contribution in [3.8, 4) is 5.75 Å². The Bertz CT molecular complexity index is 924. The van der Waals surface area contributed by atoms with Gasteiger partial charge in [-0.15, -0.1) is 0 Å². The molecule has 1 aromatic carbocycles. The minimum Gasteiger partial charge on any atom is -0.491 e. The van der Waals surface area contributed by atoms with Crippen molar-refractivity contribution in [2.24, 2.45) is 0 Å². The summed E-state index contributed by atoms with van der Waals surface area (Å²) in [6.45, 7) is 5.04. The van der Waals surface area contributed by atoms with E-state index in [1.807, 2.05) is 13.0 Å². The molecule has 0 aliphatic carbocycles. The molecular weight excluding hydrogens is 388 g/mol. The first-order valence-corrected chi connectivity index (χ1v) is 9.93. The number of benzene rings is 1. The van der Waals surface area contributed by atoms with E-state index in [4.69, 9.17) is 9.15 Å². The standard InChI is InChI=1S/C21H26N4O5/c1-14-5-6-17-16(12-14)20(27)23-7-10-25(21(28)19-15(2)30-13-24-19)9-3-4-18(26)22-8-11-29-17/h5-6,12-13H,3-4,7-11H2,1-2H3,(H,22,26)(H,23,27). The molecule has 1 aliphatic heterocycles. The summed E-state index contributed by atoms with van der Waals surface area (Å²) in [5.74, 6) is 0.196. The molecule has 9 heteroatoms. The molecule has 0 bridgehead atoms. The van der Waals surface area contributed by atoms with Crippen LogP contribution in [0.15, 0.2) is 29.0 Å². The van der Waals surface area contributed by atoms with Crippen LogP contribution in [0.4, 0.5) is 0 Å². The van der Waals surface area contributed by atoms with E-state index >= 15 is 0 Å². The van der Waals surface area contributed by atoms with E-state index in [9.17, 15) is 14.4 Å². The molecule has 0 saturated carbocycles. The number of carbonyl (C=O) groups is 3. The molecule has 1 aromatic heterocycles. The SMILES string of the molecule is Cc1ccc2c(c1)C(=O)NCCN(C(=O)c1ncoc1C)CCCC(=O)NCCO2. The molecule has 0 fully saturated rings. The Morgan fingerprint density at radius 2 is 1.97 bits per heavy atom. The molecule has 2 N–H and O–H groups in total. The zero-order valence-electron chi connectivity index (χ0n) is 17.2. The Balaban J connectivity index is 1.77. The summed E-state index contributed by atoms with van der Waals surface area (Å²) >= 11 is 0. The lowest BCUT2D eigenvalue weighted by molar-refractivity contribution is -0.121. The number of nitrogens with one attached hydrogen (secondary N) is 2. The van der Waals surface area contributed by atoms with E-state index in [1.54, 1.807) is 24.0 Å². The number of aromatic nitrogens is 1. The number of ether oxygens (including phenoxy) is 1. The van der Waals surface area contributed by atoms with E-state index in [0.717, 1.165) is 5.56 Å². The Hall–Kier alpha value is -3.36. The molecule has 160 valence electrons. The number of nitrogens with zero attached hydrogens (tertiary/aromatic N) is 2. The minimum atomic E-state index is -0.292. The second-order valence-corrected chi connectivity index (χ2v) is 7.11. The average Bonchev–Trinajstić information content (AvgIpc) is 3.15. The molecule has 0 unspecified atom stereocenters. The van der Waals surface area contributed by atoms with Gasteiger partial charge in [-0.25, -0.2) is 4.98 Å². The number of aryl methyl sites for hydroxylation is 2. The Kier molecular flexibility index (Phi) is 7.05. The number of hydrogen-bond donors (Lipinski definition) is 2. The van der Waals surface area contributed by atoms with Gasteiger partial charge in [0.05, 0.1) is 12.1 Å². The maximum atomic E-state index is 12.9. The Morgan fingerprint density at radius 3 is 2.73 bits per heavy atom. The predicted molar refractivity (Wildman–Crippen MR) is 108 cm³/mol. The summed E-state index contributed by atoms with van der Waals surface area (Å²) in [5, 5.41) is 5.64. The van der Waals surface area contributed by atoms with E-state index in [2.05, 4.69) is 15.6 Å². The third kappa shape index (κ3) is 5.37. The number of hydrogen-bond acceptors (Lipinski definition) is 6. The highest BCUT2D eigenvalue weighted by Crippen LogP contribution is 2.20. The molecule has 9 nitrogen and oxygen atoms in total. The average molecular weight is 414 g/mol. The first kappa shape index (κ1) is 21.4. The fourth-order valence-electron chi connectivity index (χ4n) is 3.19. The third-order valence-corrected chi connectivity index (χ3v) is 4.80. The fourth-order valence-corrected chi connectivity index (χ4v) is 3.19. The molecule has 0 radical (unpaired) electrons. The van der Waals surface area contributed by atoms with E-state index < -0.39 is 0 Å². The highest BCUT2D eigenvalue weighted by molar-refractivity contribution is 5.97. The number of rotatable bonds is 1. The van der Waals surface area contributed by atoms with Crippen LogP contribution >= 0.6 is 0 Å². The smallest absolute Gasteiger partial charge is 0.276 e. The Labute approximate surface area is 174 Å². The number of carbonyl (C=O) groups excluding carboxylic acids is 3. The van der Waals surface area contributed by atoms with Crippen LogP contribution in [0.3, 0.4) is 0 Å². The molecule has 3 rings (SSSR count). The first-order valence-electron chi connectivity index (χ1n) is 9.93. The molecule has 30 heavy (non-hydrogen) atoms. The minimum absolute atomic E-state index is 0.114. The first-order chi connectivity index (χ1) is 14.5. The lowest BCUT2D eigenvalue weighted by Crippen LogP contribution is -2.40. The van der Waals surface area contributed by atoms with Crippen LogP contribution in [0.1, 0.15) is 45.0 Å². The van der Waals surface area contributed by atoms with Gasteiger partial charge < -0.3 is 24.7 Å². The van der Waals surface area contributed by atoms with Crippen molar-refractivity contribution in [3.63, 3.8) is 0 Å². The van der Waals surface area contributed by atoms with Crippen molar-refractivity contribution in [3.05, 3.63) is 47.2 Å². The van der Waals surface area contributed by atoms with Crippen molar-refractivity contribution in [1.29, 1.82) is 0 Å². The summed E-state index contributed by atoms with van der Waals surface area (Å²) in [6, 6.07) is 5.36. The van der Waals surface area contributed by atoms with E-state index in [1.165, 1.54) is 6.39 Å². The van der Waals surface area contributed by atoms with Crippen LogP contribution < -0.4 is 15.4 Å². The van der Waals surface area contributed by atoms with Crippen LogP contribution in [-0.2, 0) is 4.79 Å². The summed E-state index contributed by atoms with van der Waals surface area (Å²) in [4.78, 5) is 43.2. The van der Waals surface area contributed by atoms with Crippen LogP contribution in [0.2, 0.25) is 0 Å². The highest BCUT2D eigenvalue weighted by atomic mass is 16.5. The van der Waals surface area contributed by atoms with Crippen LogP contribution in [-0.4, -0.2) is 60.4 Å². The molecule has 0 spiro atoms. The van der Waals surface area contributed by atoms with Crippen LogP contribution in [0.5, 0.6) is 5.75 Å². The maximum Gasteiger partial charge on any atom is 0.276 e. The van der Waals surface area contributed by atoms with Gasteiger partial charge in [-0.3, -0.25) is 14.4 Å². The zero-order chi connectivity index (χ0) is 21.5. The molecular formula is C21H26N4O5. The zero-order valence-corrected chi connectivity index (χ0v) is 17.2. The van der Waals surface area contributed by atoms with Gasteiger partial charge in [0.2, 0.25) is 5.91 Å². The molecule has 3 amide bonds. The lowest BCUT2D eigenvalue weighted by Gasteiger charge is -2.22. The largest absolute Gasteiger partial charge is 0.491 e. The third-order valence-electron chi connectivity index (χ3n) is 4.80. The van der Waals surface area contributed by atoms with Gasteiger partial charge in [0.15, 0.2) is 12.1 Å².